The third-order valence-electron chi connectivity index (χ3n) is 5.78. The highest BCUT2D eigenvalue weighted by Gasteiger charge is 2.39. The second-order valence-corrected chi connectivity index (χ2v) is 7.71. The van der Waals surface area contributed by atoms with Crippen molar-refractivity contribution in [1.82, 2.24) is 9.13 Å². The lowest BCUT2D eigenvalue weighted by Gasteiger charge is -2.25. The number of hydrogen-bond acceptors (Lipinski definition) is 4. The monoisotopic (exact) mass is 380 g/mol. The quantitative estimate of drug-likeness (QED) is 0.496. The minimum Gasteiger partial charge on any atom is -0.308 e. The highest BCUT2D eigenvalue weighted by molar-refractivity contribution is 6.28. The van der Waals surface area contributed by atoms with Crippen LogP contribution in [0.25, 0.3) is 0 Å². The third kappa shape index (κ3) is 2.61. The molecule has 0 aromatic carbocycles. The van der Waals surface area contributed by atoms with E-state index in [0.717, 1.165) is 13.0 Å². The predicted molar refractivity (Wildman–Crippen MR) is 104 cm³/mol. The summed E-state index contributed by atoms with van der Waals surface area (Å²) in [6.07, 6.45) is 1.57. The molecule has 0 radical (unpaired) electrons. The molecule has 2 aromatic heterocycles. The molecule has 2 aliphatic rings. The number of aromatic nitrogens is 2. The van der Waals surface area contributed by atoms with Crippen LogP contribution in [0, 0.1) is 13.8 Å². The molecule has 1 unspecified atom stereocenters. The summed E-state index contributed by atoms with van der Waals surface area (Å²) in [5.74, 6) is -0.756. The molecule has 1 saturated heterocycles. The summed E-state index contributed by atoms with van der Waals surface area (Å²) in [7, 11) is 1.48. The topological polar surface area (TPSA) is 81.2 Å². The lowest BCUT2D eigenvalue weighted by atomic mass is 9.85. The van der Waals surface area contributed by atoms with Crippen molar-refractivity contribution in [3.63, 3.8) is 0 Å². The number of hydrogen-bond donors (Lipinski definition) is 0. The van der Waals surface area contributed by atoms with Gasteiger partial charge in [-0.15, -0.1) is 0 Å². The smallest absolute Gasteiger partial charge is 0.251 e. The van der Waals surface area contributed by atoms with E-state index in [4.69, 9.17) is 0 Å². The van der Waals surface area contributed by atoms with Gasteiger partial charge in [-0.2, -0.15) is 0 Å². The van der Waals surface area contributed by atoms with Gasteiger partial charge in [0.2, 0.25) is 18.4 Å². The zero-order valence-electron chi connectivity index (χ0n) is 16.2. The number of nitrogens with zero attached hydrogens (tertiary/aromatic N) is 3. The lowest BCUT2D eigenvalue weighted by Crippen LogP contribution is -2.38. The van der Waals surface area contributed by atoms with Crippen molar-refractivity contribution in [2.24, 2.45) is 7.05 Å². The zero-order valence-corrected chi connectivity index (χ0v) is 16.2. The number of aryl methyl sites for hydroxylation is 2. The molecule has 0 spiro atoms. The van der Waals surface area contributed by atoms with Crippen LogP contribution in [0.15, 0.2) is 21.7 Å². The average Bonchev–Trinajstić information content (AvgIpc) is 3.32. The van der Waals surface area contributed by atoms with Gasteiger partial charge in [-0.1, -0.05) is 0 Å². The highest BCUT2D eigenvalue weighted by atomic mass is 16.2. The number of ketones is 2. The molecule has 0 saturated carbocycles. The van der Waals surface area contributed by atoms with Crippen LogP contribution in [0.5, 0.6) is 0 Å². The maximum atomic E-state index is 13.4. The van der Waals surface area contributed by atoms with Crippen LogP contribution in [0.4, 0.5) is 0 Å². The number of carbonyl (C=O) groups excluding carboxylic acids is 2. The van der Waals surface area contributed by atoms with Gasteiger partial charge in [-0.05, 0) is 31.4 Å². The molecule has 3 heterocycles. The normalized spacial score (nSPS) is 17.5. The molecule has 28 heavy (non-hydrogen) atoms. The van der Waals surface area contributed by atoms with Crippen molar-refractivity contribution in [3.8, 4) is 0 Å². The van der Waals surface area contributed by atoms with Gasteiger partial charge in [0.1, 0.15) is 18.1 Å². The minimum absolute atomic E-state index is 0.0624. The molecule has 144 valence electrons. The fourth-order valence-corrected chi connectivity index (χ4v) is 4.10. The fraction of sp³-hybridized carbons (Fsp3) is 0.381. The maximum absolute atomic E-state index is 13.4. The van der Waals surface area contributed by atoms with Crippen molar-refractivity contribution < 1.29 is 14.2 Å². The molecule has 2 aromatic rings. The third-order valence-corrected chi connectivity index (χ3v) is 5.78. The Morgan fingerprint density at radius 2 is 1.57 bits per heavy atom. The van der Waals surface area contributed by atoms with Gasteiger partial charge in [0.25, 0.3) is 11.1 Å². The van der Waals surface area contributed by atoms with E-state index in [1.165, 1.54) is 28.3 Å². The first-order valence-corrected chi connectivity index (χ1v) is 9.34. The Labute approximate surface area is 161 Å². The SMILES string of the molecule is C=[N+]1CC1CCCn1c2c(c(C)cc1=O)C(=O)c1c(C)cc(=O)n(C)c1C2=O. The summed E-state index contributed by atoms with van der Waals surface area (Å²) >= 11 is 0. The predicted octanol–water partition coefficient (Wildman–Crippen LogP) is 0.815. The molecular weight excluding hydrogens is 358 g/mol. The van der Waals surface area contributed by atoms with E-state index in [0.29, 0.717) is 30.1 Å². The Morgan fingerprint density at radius 3 is 2.18 bits per heavy atom. The van der Waals surface area contributed by atoms with Crippen LogP contribution in [-0.4, -0.2) is 44.6 Å². The van der Waals surface area contributed by atoms with Gasteiger partial charge in [-0.3, -0.25) is 19.2 Å². The Balaban J connectivity index is 1.88. The molecule has 0 amide bonds. The van der Waals surface area contributed by atoms with Crippen molar-refractivity contribution in [2.75, 3.05) is 6.54 Å². The maximum Gasteiger partial charge on any atom is 0.251 e. The second-order valence-electron chi connectivity index (χ2n) is 7.71. The molecule has 4 rings (SSSR count). The molecular formula is C21H22N3O4+. The fourth-order valence-electron chi connectivity index (χ4n) is 4.10. The molecule has 1 aliphatic heterocycles. The van der Waals surface area contributed by atoms with Crippen molar-refractivity contribution in [3.05, 3.63) is 66.5 Å². The number of fused-ring (bicyclic) bond motifs is 2. The summed E-state index contributed by atoms with van der Waals surface area (Å²) in [5, 5.41) is 0. The zero-order chi connectivity index (χ0) is 20.3. The van der Waals surface area contributed by atoms with Gasteiger partial charge >= 0.3 is 0 Å². The summed E-state index contributed by atoms with van der Waals surface area (Å²) in [6.45, 7) is 8.47. The van der Waals surface area contributed by atoms with Gasteiger partial charge in [0.15, 0.2) is 5.78 Å². The molecule has 1 atom stereocenters. The van der Waals surface area contributed by atoms with E-state index >= 15 is 0 Å². The van der Waals surface area contributed by atoms with Crippen molar-refractivity contribution >= 4 is 18.3 Å². The Kier molecular flexibility index (Phi) is 4.06. The molecule has 0 bridgehead atoms. The lowest BCUT2D eigenvalue weighted by molar-refractivity contribution is -0.350. The van der Waals surface area contributed by atoms with Crippen LogP contribution < -0.4 is 11.1 Å². The molecule has 7 nitrogen and oxygen atoms in total. The van der Waals surface area contributed by atoms with Crippen LogP contribution in [-0.2, 0) is 13.6 Å². The summed E-state index contributed by atoms with van der Waals surface area (Å²) in [6, 6.07) is 3.19. The average molecular weight is 380 g/mol. The minimum atomic E-state index is -0.445. The Morgan fingerprint density at radius 1 is 1.00 bits per heavy atom. The van der Waals surface area contributed by atoms with Crippen LogP contribution >= 0.6 is 0 Å². The molecule has 1 fully saturated rings. The van der Waals surface area contributed by atoms with Gasteiger partial charge in [0.05, 0.1) is 11.1 Å². The molecule has 1 aliphatic carbocycles. The standard InChI is InChI=1S/C21H22N3O4/c1-11-8-14(25)23(4)18-16(11)20(27)17-12(2)9-15(26)24(19(17)21(18)28)7-5-6-13-10-22(13)3/h8-9,13H,3,5-7,10H2,1-2,4H3/q+1. The van der Waals surface area contributed by atoms with Crippen LogP contribution in [0.3, 0.4) is 0 Å². The van der Waals surface area contributed by atoms with Crippen LogP contribution in [0.2, 0.25) is 0 Å². The Hall–Kier alpha value is -3.09. The van der Waals surface area contributed by atoms with E-state index in [9.17, 15) is 19.2 Å². The van der Waals surface area contributed by atoms with Crippen LogP contribution in [0.1, 0.15) is 56.1 Å². The van der Waals surface area contributed by atoms with E-state index in [2.05, 4.69) is 6.72 Å². The van der Waals surface area contributed by atoms with E-state index in [1.807, 2.05) is 4.58 Å². The van der Waals surface area contributed by atoms with E-state index in [-0.39, 0.29) is 39.4 Å². The largest absolute Gasteiger partial charge is 0.308 e. The van der Waals surface area contributed by atoms with Gasteiger partial charge in [-0.25, -0.2) is 4.58 Å². The number of carbonyl (C=O) groups is 2. The molecule has 0 N–H and O–H groups in total. The first-order chi connectivity index (χ1) is 13.2. The van der Waals surface area contributed by atoms with Crippen molar-refractivity contribution in [1.29, 1.82) is 0 Å². The highest BCUT2D eigenvalue weighted by Crippen LogP contribution is 2.29. The van der Waals surface area contributed by atoms with Crippen molar-refractivity contribution in [2.45, 2.75) is 39.3 Å². The summed E-state index contributed by atoms with van der Waals surface area (Å²) in [4.78, 5) is 51.5. The first-order valence-electron chi connectivity index (χ1n) is 9.34. The molecule has 7 heteroatoms. The first kappa shape index (κ1) is 18.3. The van der Waals surface area contributed by atoms with E-state index < -0.39 is 5.78 Å². The van der Waals surface area contributed by atoms with Gasteiger partial charge < -0.3 is 9.13 Å². The van der Waals surface area contributed by atoms with Gasteiger partial charge in [0, 0.05) is 32.1 Å². The number of rotatable bonds is 4. The van der Waals surface area contributed by atoms with E-state index in [1.54, 1.807) is 13.8 Å². The summed E-state index contributed by atoms with van der Waals surface area (Å²) < 4.78 is 4.57. The second kappa shape index (κ2) is 6.22. The Bertz CT molecular complexity index is 1200. The summed E-state index contributed by atoms with van der Waals surface area (Å²) in [5.41, 5.74) is 0.982. The number of pyridine rings is 2.